The van der Waals surface area contributed by atoms with E-state index in [9.17, 15) is 0 Å². The zero-order valence-corrected chi connectivity index (χ0v) is 7.41. The van der Waals surface area contributed by atoms with Gasteiger partial charge in [0.05, 0.1) is 12.2 Å². The van der Waals surface area contributed by atoms with Crippen molar-refractivity contribution in [2.24, 2.45) is 0 Å². The second-order valence-corrected chi connectivity index (χ2v) is 2.58. The third-order valence-corrected chi connectivity index (χ3v) is 1.47. The summed E-state index contributed by atoms with van der Waals surface area (Å²) < 4.78 is 0. The SMILES string of the molecule is N#Cc1cc(Cl)nnc1NCCO. The quantitative estimate of drug-likeness (QED) is 0.735. The van der Waals surface area contributed by atoms with Gasteiger partial charge >= 0.3 is 0 Å². The number of halogens is 1. The molecule has 0 fully saturated rings. The average Bonchev–Trinajstić information content (AvgIpc) is 2.16. The van der Waals surface area contributed by atoms with Crippen molar-refractivity contribution < 1.29 is 5.11 Å². The van der Waals surface area contributed by atoms with E-state index in [4.69, 9.17) is 22.0 Å². The van der Waals surface area contributed by atoms with Gasteiger partial charge in [0, 0.05) is 6.54 Å². The average molecular weight is 199 g/mol. The first-order valence-corrected chi connectivity index (χ1v) is 3.93. The number of nitrogens with zero attached hydrogens (tertiary/aromatic N) is 3. The molecule has 1 rings (SSSR count). The van der Waals surface area contributed by atoms with Crippen LogP contribution in [0.1, 0.15) is 5.56 Å². The summed E-state index contributed by atoms with van der Waals surface area (Å²) in [6.45, 7) is 0.292. The predicted molar refractivity (Wildman–Crippen MR) is 47.3 cm³/mol. The van der Waals surface area contributed by atoms with Crippen molar-refractivity contribution in [3.05, 3.63) is 16.8 Å². The van der Waals surface area contributed by atoms with E-state index >= 15 is 0 Å². The van der Waals surface area contributed by atoms with Gasteiger partial charge in [0.15, 0.2) is 11.0 Å². The molecule has 0 aliphatic rings. The van der Waals surface area contributed by atoms with Crippen LogP contribution in [0.2, 0.25) is 5.15 Å². The maximum atomic E-state index is 8.66. The molecule has 0 radical (unpaired) electrons. The molecule has 0 saturated carbocycles. The summed E-state index contributed by atoms with van der Waals surface area (Å²) in [7, 11) is 0. The molecule has 0 amide bonds. The summed E-state index contributed by atoms with van der Waals surface area (Å²) >= 11 is 5.53. The van der Waals surface area contributed by atoms with Gasteiger partial charge in [0.2, 0.25) is 0 Å². The van der Waals surface area contributed by atoms with Crippen molar-refractivity contribution >= 4 is 17.4 Å². The monoisotopic (exact) mass is 198 g/mol. The van der Waals surface area contributed by atoms with E-state index in [1.165, 1.54) is 6.07 Å². The van der Waals surface area contributed by atoms with Crippen LogP contribution in [0.4, 0.5) is 5.82 Å². The summed E-state index contributed by atoms with van der Waals surface area (Å²) in [5.41, 5.74) is 0.313. The number of anilines is 1. The Morgan fingerprint density at radius 1 is 1.62 bits per heavy atom. The fourth-order valence-electron chi connectivity index (χ4n) is 0.758. The lowest BCUT2D eigenvalue weighted by Crippen LogP contribution is -2.09. The molecule has 0 atom stereocenters. The topological polar surface area (TPSA) is 81.8 Å². The molecule has 0 saturated heterocycles. The second-order valence-electron chi connectivity index (χ2n) is 2.19. The molecule has 1 aromatic heterocycles. The van der Waals surface area contributed by atoms with E-state index in [1.807, 2.05) is 6.07 Å². The van der Waals surface area contributed by atoms with Gasteiger partial charge in [-0.15, -0.1) is 10.2 Å². The van der Waals surface area contributed by atoms with Crippen molar-refractivity contribution in [3.63, 3.8) is 0 Å². The third kappa shape index (κ3) is 2.54. The van der Waals surface area contributed by atoms with Crippen molar-refractivity contribution in [1.29, 1.82) is 5.26 Å². The van der Waals surface area contributed by atoms with Crippen LogP contribution >= 0.6 is 11.6 Å². The fraction of sp³-hybridized carbons (Fsp3) is 0.286. The van der Waals surface area contributed by atoms with Gasteiger partial charge in [0.1, 0.15) is 6.07 Å². The molecule has 0 aromatic carbocycles. The van der Waals surface area contributed by atoms with E-state index in [2.05, 4.69) is 15.5 Å². The number of hydrogen-bond donors (Lipinski definition) is 2. The largest absolute Gasteiger partial charge is 0.395 e. The molecule has 2 N–H and O–H groups in total. The summed E-state index contributed by atoms with van der Waals surface area (Å²) in [6, 6.07) is 3.33. The highest BCUT2D eigenvalue weighted by molar-refractivity contribution is 6.29. The van der Waals surface area contributed by atoms with Crippen LogP contribution in [-0.4, -0.2) is 28.5 Å². The molecule has 0 spiro atoms. The smallest absolute Gasteiger partial charge is 0.166 e. The maximum Gasteiger partial charge on any atom is 0.166 e. The Kier molecular flexibility index (Phi) is 3.43. The third-order valence-electron chi connectivity index (χ3n) is 1.29. The molecule has 13 heavy (non-hydrogen) atoms. The Balaban J connectivity index is 2.88. The van der Waals surface area contributed by atoms with Gasteiger partial charge in [-0.1, -0.05) is 11.6 Å². The van der Waals surface area contributed by atoms with E-state index < -0.39 is 0 Å². The Labute approximate surface area is 80.0 Å². The summed E-state index contributed by atoms with van der Waals surface area (Å²) in [6.07, 6.45) is 0. The van der Waals surface area contributed by atoms with Crippen LogP contribution in [-0.2, 0) is 0 Å². The zero-order valence-electron chi connectivity index (χ0n) is 6.66. The first-order valence-electron chi connectivity index (χ1n) is 3.56. The van der Waals surface area contributed by atoms with Crippen LogP contribution in [0.3, 0.4) is 0 Å². The summed E-state index contributed by atoms with van der Waals surface area (Å²) in [5, 5.41) is 27.3. The van der Waals surface area contributed by atoms with Crippen LogP contribution < -0.4 is 5.32 Å². The molecule has 0 bridgehead atoms. The van der Waals surface area contributed by atoms with E-state index in [0.29, 0.717) is 17.9 Å². The lowest BCUT2D eigenvalue weighted by Gasteiger charge is -2.03. The molecular weight excluding hydrogens is 192 g/mol. The molecule has 0 aliphatic heterocycles. The molecule has 1 heterocycles. The van der Waals surface area contributed by atoms with Crippen LogP contribution in [0.25, 0.3) is 0 Å². The number of hydrogen-bond acceptors (Lipinski definition) is 5. The van der Waals surface area contributed by atoms with Crippen molar-refractivity contribution in [3.8, 4) is 6.07 Å². The normalized spacial score (nSPS) is 9.31. The molecule has 0 unspecified atom stereocenters. The Bertz CT molecular complexity index is 336. The first kappa shape index (κ1) is 9.71. The van der Waals surface area contributed by atoms with Gasteiger partial charge < -0.3 is 10.4 Å². The second kappa shape index (κ2) is 4.60. The molecule has 5 nitrogen and oxygen atoms in total. The number of aromatic nitrogens is 2. The number of rotatable bonds is 3. The highest BCUT2D eigenvalue weighted by Crippen LogP contribution is 2.13. The standard InChI is InChI=1S/C7H7ClN4O/c8-6-3-5(4-9)7(12-11-6)10-1-2-13/h3,13H,1-2H2,(H,10,12). The lowest BCUT2D eigenvalue weighted by molar-refractivity contribution is 0.311. The molecule has 1 aromatic rings. The lowest BCUT2D eigenvalue weighted by atomic mass is 10.3. The van der Waals surface area contributed by atoms with E-state index in [-0.39, 0.29) is 11.8 Å². The minimum absolute atomic E-state index is 0.0326. The van der Waals surface area contributed by atoms with Gasteiger partial charge in [0.25, 0.3) is 0 Å². The highest BCUT2D eigenvalue weighted by atomic mass is 35.5. The van der Waals surface area contributed by atoms with Gasteiger partial charge in [-0.05, 0) is 6.07 Å². The highest BCUT2D eigenvalue weighted by Gasteiger charge is 2.04. The van der Waals surface area contributed by atoms with Crippen molar-refractivity contribution in [1.82, 2.24) is 10.2 Å². The minimum atomic E-state index is -0.0326. The van der Waals surface area contributed by atoms with Crippen LogP contribution in [0, 0.1) is 11.3 Å². The van der Waals surface area contributed by atoms with Gasteiger partial charge in [-0.2, -0.15) is 5.26 Å². The van der Waals surface area contributed by atoms with Gasteiger partial charge in [-0.3, -0.25) is 0 Å². The number of aliphatic hydroxyl groups is 1. The minimum Gasteiger partial charge on any atom is -0.395 e. The zero-order chi connectivity index (χ0) is 9.68. The van der Waals surface area contributed by atoms with E-state index in [1.54, 1.807) is 0 Å². The Hall–Kier alpha value is -1.38. The Morgan fingerprint density at radius 2 is 2.38 bits per heavy atom. The van der Waals surface area contributed by atoms with Gasteiger partial charge in [-0.25, -0.2) is 0 Å². The molecule has 0 aliphatic carbocycles. The molecular formula is C7H7ClN4O. The number of aliphatic hydroxyl groups excluding tert-OH is 1. The predicted octanol–water partition coefficient (Wildman–Crippen LogP) is 0.406. The molecule has 6 heteroatoms. The summed E-state index contributed by atoms with van der Waals surface area (Å²) in [5.74, 6) is 0.334. The van der Waals surface area contributed by atoms with E-state index in [0.717, 1.165) is 0 Å². The fourth-order valence-corrected chi connectivity index (χ4v) is 0.905. The summed E-state index contributed by atoms with van der Waals surface area (Å²) in [4.78, 5) is 0. The Morgan fingerprint density at radius 3 is 3.00 bits per heavy atom. The number of nitrogens with one attached hydrogen (secondary N) is 1. The number of nitriles is 1. The maximum absolute atomic E-state index is 8.66. The first-order chi connectivity index (χ1) is 6.27. The molecule has 68 valence electrons. The van der Waals surface area contributed by atoms with Crippen LogP contribution in [0.5, 0.6) is 0 Å². The van der Waals surface area contributed by atoms with Crippen molar-refractivity contribution in [2.45, 2.75) is 0 Å². The van der Waals surface area contributed by atoms with Crippen LogP contribution in [0.15, 0.2) is 6.07 Å². The van der Waals surface area contributed by atoms with Crippen molar-refractivity contribution in [2.75, 3.05) is 18.5 Å².